The van der Waals surface area contributed by atoms with E-state index in [1.807, 2.05) is 0 Å². The fourth-order valence-electron chi connectivity index (χ4n) is 3.15. The fraction of sp³-hybridized carbons (Fsp3) is 0.174. The molecule has 3 aromatic carbocycles. The summed E-state index contributed by atoms with van der Waals surface area (Å²) in [5.41, 5.74) is 0.529. The second kappa shape index (κ2) is 8.58. The van der Waals surface area contributed by atoms with E-state index in [1.54, 1.807) is 68.4 Å². The van der Waals surface area contributed by atoms with Crippen LogP contribution in [0.1, 0.15) is 35.3 Å². The van der Waals surface area contributed by atoms with Gasteiger partial charge in [-0.1, -0.05) is 48.0 Å². The van der Waals surface area contributed by atoms with Crippen LogP contribution in [0, 0.1) is 5.82 Å². The Hall–Kier alpha value is -2.70. The zero-order chi connectivity index (χ0) is 21.9. The molecular formula is C23H21ClFNO3S. The van der Waals surface area contributed by atoms with E-state index in [2.05, 4.69) is 5.32 Å². The molecule has 0 saturated carbocycles. The van der Waals surface area contributed by atoms with E-state index < -0.39 is 21.2 Å². The van der Waals surface area contributed by atoms with Gasteiger partial charge in [0, 0.05) is 10.6 Å². The van der Waals surface area contributed by atoms with Gasteiger partial charge in [0.1, 0.15) is 5.82 Å². The van der Waals surface area contributed by atoms with Crippen molar-refractivity contribution in [3.8, 4) is 0 Å². The molecule has 0 aliphatic heterocycles. The van der Waals surface area contributed by atoms with Crippen LogP contribution in [0.4, 0.5) is 4.39 Å². The predicted octanol–water partition coefficient (Wildman–Crippen LogP) is 5.12. The number of rotatable bonds is 6. The molecule has 3 aromatic rings. The number of carbonyl (C=O) groups is 1. The first-order chi connectivity index (χ1) is 14.1. The van der Waals surface area contributed by atoms with E-state index >= 15 is 0 Å². The Labute approximate surface area is 180 Å². The summed E-state index contributed by atoms with van der Waals surface area (Å²) in [7, 11) is -3.53. The number of nitrogens with one attached hydrogen (secondary N) is 1. The molecule has 0 spiro atoms. The van der Waals surface area contributed by atoms with Crippen molar-refractivity contribution in [2.24, 2.45) is 0 Å². The van der Waals surface area contributed by atoms with Gasteiger partial charge >= 0.3 is 0 Å². The summed E-state index contributed by atoms with van der Waals surface area (Å²) < 4.78 is 38.6. The minimum absolute atomic E-state index is 0.211. The number of hydrogen-bond donors (Lipinski definition) is 1. The van der Waals surface area contributed by atoms with Crippen molar-refractivity contribution in [3.05, 3.63) is 100 Å². The van der Waals surface area contributed by atoms with Gasteiger partial charge in [-0.15, -0.1) is 0 Å². The molecular weight excluding hydrogens is 425 g/mol. The highest BCUT2D eigenvalue weighted by atomic mass is 35.5. The molecule has 0 atom stereocenters. The van der Waals surface area contributed by atoms with Crippen LogP contribution < -0.4 is 5.32 Å². The molecule has 0 radical (unpaired) electrons. The third kappa shape index (κ3) is 5.07. The van der Waals surface area contributed by atoms with Crippen molar-refractivity contribution >= 4 is 27.3 Å². The lowest BCUT2D eigenvalue weighted by Crippen LogP contribution is -2.41. The molecule has 1 N–H and O–H groups in total. The molecule has 4 nitrogen and oxygen atoms in total. The Balaban J connectivity index is 1.81. The average Bonchev–Trinajstić information content (AvgIpc) is 2.68. The van der Waals surface area contributed by atoms with Gasteiger partial charge in [0.05, 0.1) is 16.2 Å². The average molecular weight is 446 g/mol. The summed E-state index contributed by atoms with van der Waals surface area (Å²) in [5, 5.41) is 3.09. The largest absolute Gasteiger partial charge is 0.343 e. The third-order valence-electron chi connectivity index (χ3n) is 4.68. The van der Waals surface area contributed by atoms with Gasteiger partial charge in [0.15, 0.2) is 9.84 Å². The smallest absolute Gasteiger partial charge is 0.251 e. The highest BCUT2D eigenvalue weighted by Crippen LogP contribution is 2.29. The van der Waals surface area contributed by atoms with Crippen LogP contribution in [0.3, 0.4) is 0 Å². The number of carbonyl (C=O) groups excluding carboxylic acids is 1. The third-order valence-corrected chi connectivity index (χ3v) is 6.70. The van der Waals surface area contributed by atoms with Gasteiger partial charge in [-0.2, -0.15) is 0 Å². The van der Waals surface area contributed by atoms with Crippen LogP contribution in [0.5, 0.6) is 0 Å². The van der Waals surface area contributed by atoms with Crippen LogP contribution in [0.15, 0.2) is 77.7 Å². The van der Waals surface area contributed by atoms with Crippen molar-refractivity contribution in [3.63, 3.8) is 0 Å². The lowest BCUT2D eigenvalue weighted by molar-refractivity contribution is 0.0912. The van der Waals surface area contributed by atoms with E-state index in [9.17, 15) is 17.6 Å². The Kier molecular flexibility index (Phi) is 6.29. The van der Waals surface area contributed by atoms with Crippen molar-refractivity contribution < 1.29 is 17.6 Å². The Morgan fingerprint density at radius 1 is 1.00 bits per heavy atom. The molecule has 0 aromatic heterocycles. The van der Waals surface area contributed by atoms with Crippen molar-refractivity contribution in [1.29, 1.82) is 0 Å². The topological polar surface area (TPSA) is 63.2 Å². The van der Waals surface area contributed by atoms with Gasteiger partial charge in [0.25, 0.3) is 5.91 Å². The van der Waals surface area contributed by atoms with Gasteiger partial charge in [0.2, 0.25) is 0 Å². The molecule has 156 valence electrons. The second-order valence-electron chi connectivity index (χ2n) is 7.48. The maximum Gasteiger partial charge on any atom is 0.251 e. The van der Waals surface area contributed by atoms with E-state index in [-0.39, 0.29) is 21.6 Å². The molecule has 0 aliphatic rings. The molecule has 7 heteroatoms. The molecule has 0 unspecified atom stereocenters. The van der Waals surface area contributed by atoms with Crippen LogP contribution in [0.25, 0.3) is 0 Å². The summed E-state index contributed by atoms with van der Waals surface area (Å²) in [6.45, 7) is 3.52. The van der Waals surface area contributed by atoms with E-state index in [1.165, 1.54) is 18.2 Å². The molecule has 0 aliphatic carbocycles. The minimum atomic E-state index is -3.53. The zero-order valence-corrected chi connectivity index (χ0v) is 18.1. The number of hydrogen-bond acceptors (Lipinski definition) is 3. The molecule has 0 saturated heterocycles. The van der Waals surface area contributed by atoms with E-state index in [4.69, 9.17) is 11.6 Å². The van der Waals surface area contributed by atoms with Crippen LogP contribution in [0.2, 0.25) is 5.02 Å². The Morgan fingerprint density at radius 3 is 2.37 bits per heavy atom. The molecule has 0 fully saturated rings. The number of sulfone groups is 1. The summed E-state index contributed by atoms with van der Waals surface area (Å²) in [6, 6.07) is 18.6. The maximum atomic E-state index is 13.3. The fourth-order valence-corrected chi connectivity index (χ4v) is 4.91. The van der Waals surface area contributed by atoms with Gasteiger partial charge in [-0.05, 0) is 61.4 Å². The highest BCUT2D eigenvalue weighted by Gasteiger charge is 2.26. The monoisotopic (exact) mass is 445 g/mol. The van der Waals surface area contributed by atoms with Gasteiger partial charge in [-0.25, -0.2) is 12.8 Å². The summed E-state index contributed by atoms with van der Waals surface area (Å²) >= 11 is 6.14. The summed E-state index contributed by atoms with van der Waals surface area (Å²) in [5.74, 6) is -1.07. The van der Waals surface area contributed by atoms with Crippen LogP contribution in [-0.4, -0.2) is 14.3 Å². The zero-order valence-electron chi connectivity index (χ0n) is 16.5. The minimum Gasteiger partial charge on any atom is -0.343 e. The normalized spacial score (nSPS) is 11.9. The standard InChI is InChI=1S/C23H21ClFNO3S/c1-23(2,20-12-11-18(25)14-21(20)24)26-22(27)17-8-6-7-16(13-17)15-30(28,29)19-9-4-3-5-10-19/h3-14H,15H2,1-2H3,(H,26,27). The highest BCUT2D eigenvalue weighted by molar-refractivity contribution is 7.90. The maximum absolute atomic E-state index is 13.3. The Morgan fingerprint density at radius 2 is 1.70 bits per heavy atom. The van der Waals surface area contributed by atoms with Crippen molar-refractivity contribution in [1.82, 2.24) is 5.32 Å². The summed E-state index contributed by atoms with van der Waals surface area (Å²) in [4.78, 5) is 13.1. The Bertz CT molecular complexity index is 1180. The van der Waals surface area contributed by atoms with Gasteiger partial charge < -0.3 is 5.32 Å². The van der Waals surface area contributed by atoms with E-state index in [0.29, 0.717) is 16.7 Å². The summed E-state index contributed by atoms with van der Waals surface area (Å²) in [6.07, 6.45) is 0. The molecule has 0 bridgehead atoms. The molecule has 0 heterocycles. The molecule has 3 rings (SSSR count). The number of amides is 1. The lowest BCUT2D eigenvalue weighted by Gasteiger charge is -2.28. The molecule has 30 heavy (non-hydrogen) atoms. The predicted molar refractivity (Wildman–Crippen MR) is 116 cm³/mol. The quantitative estimate of drug-likeness (QED) is 0.572. The first-order valence-electron chi connectivity index (χ1n) is 9.23. The van der Waals surface area contributed by atoms with Gasteiger partial charge in [-0.3, -0.25) is 4.79 Å². The second-order valence-corrected chi connectivity index (χ2v) is 9.87. The van der Waals surface area contributed by atoms with Crippen LogP contribution in [-0.2, 0) is 21.1 Å². The van der Waals surface area contributed by atoms with Crippen molar-refractivity contribution in [2.75, 3.05) is 0 Å². The molecule has 1 amide bonds. The first-order valence-corrected chi connectivity index (χ1v) is 11.3. The van der Waals surface area contributed by atoms with Crippen molar-refractivity contribution in [2.45, 2.75) is 30.0 Å². The van der Waals surface area contributed by atoms with E-state index in [0.717, 1.165) is 0 Å². The SMILES string of the molecule is CC(C)(NC(=O)c1cccc(CS(=O)(=O)c2ccccc2)c1)c1ccc(F)cc1Cl. The number of halogens is 2. The van der Waals surface area contributed by atoms with Crippen LogP contribution >= 0.6 is 11.6 Å². The number of benzene rings is 3. The first kappa shape index (κ1) is 22.0. The lowest BCUT2D eigenvalue weighted by atomic mass is 9.93.